The van der Waals surface area contributed by atoms with Gasteiger partial charge in [0.2, 0.25) is 0 Å². The third-order valence-corrected chi connectivity index (χ3v) is 5.46. The summed E-state index contributed by atoms with van der Waals surface area (Å²) in [5, 5.41) is 0. The van der Waals surface area contributed by atoms with E-state index in [4.69, 9.17) is 5.73 Å². The van der Waals surface area contributed by atoms with Crippen molar-refractivity contribution in [1.82, 2.24) is 0 Å². The van der Waals surface area contributed by atoms with E-state index in [1.807, 2.05) is 11.3 Å². The van der Waals surface area contributed by atoms with Crippen molar-refractivity contribution >= 4 is 11.3 Å². The van der Waals surface area contributed by atoms with Gasteiger partial charge in [-0.3, -0.25) is 0 Å². The molecule has 0 aliphatic carbocycles. The Balaban J connectivity index is 2.39. The van der Waals surface area contributed by atoms with Gasteiger partial charge in [0.25, 0.3) is 0 Å². The van der Waals surface area contributed by atoms with Crippen LogP contribution in [-0.2, 0) is 0 Å². The molecule has 0 bridgehead atoms. The number of aryl methyl sites for hydroxylation is 2. The maximum atomic E-state index is 6.67. The van der Waals surface area contributed by atoms with Crippen molar-refractivity contribution in [2.24, 2.45) is 11.7 Å². The van der Waals surface area contributed by atoms with Crippen molar-refractivity contribution in [2.45, 2.75) is 46.1 Å². The fourth-order valence-corrected chi connectivity index (χ4v) is 4.06. The molecule has 2 rings (SSSR count). The molecular weight excluding hydrogens is 262 g/mol. The van der Waals surface area contributed by atoms with Gasteiger partial charge >= 0.3 is 0 Å². The first kappa shape index (κ1) is 15.3. The van der Waals surface area contributed by atoms with Crippen LogP contribution in [0.2, 0.25) is 0 Å². The molecule has 1 aromatic heterocycles. The van der Waals surface area contributed by atoms with Gasteiger partial charge < -0.3 is 5.73 Å². The normalized spacial score (nSPS) is 15.8. The van der Waals surface area contributed by atoms with Gasteiger partial charge in [-0.2, -0.15) is 0 Å². The number of rotatable bonds is 5. The van der Waals surface area contributed by atoms with Crippen molar-refractivity contribution in [3.8, 4) is 0 Å². The molecule has 0 aliphatic rings. The van der Waals surface area contributed by atoms with Crippen LogP contribution in [-0.4, -0.2) is 0 Å². The Morgan fingerprint density at radius 3 is 2.30 bits per heavy atom. The zero-order valence-electron chi connectivity index (χ0n) is 12.9. The van der Waals surface area contributed by atoms with Crippen molar-refractivity contribution in [3.05, 3.63) is 57.3 Å². The van der Waals surface area contributed by atoms with Crippen LogP contribution in [0, 0.1) is 19.8 Å². The van der Waals surface area contributed by atoms with E-state index in [1.165, 1.54) is 20.9 Å². The highest BCUT2D eigenvalue weighted by Gasteiger charge is 2.28. The lowest BCUT2D eigenvalue weighted by atomic mass is 9.79. The Morgan fingerprint density at radius 1 is 1.15 bits per heavy atom. The lowest BCUT2D eigenvalue weighted by molar-refractivity contribution is 0.390. The van der Waals surface area contributed by atoms with E-state index < -0.39 is 0 Å². The summed E-state index contributed by atoms with van der Waals surface area (Å²) in [5.41, 5.74) is 9.37. The van der Waals surface area contributed by atoms with Crippen LogP contribution in [0.5, 0.6) is 0 Å². The maximum Gasteiger partial charge on any atom is 0.0464 e. The van der Waals surface area contributed by atoms with Crippen LogP contribution in [0.15, 0.2) is 36.4 Å². The van der Waals surface area contributed by atoms with Gasteiger partial charge in [0, 0.05) is 21.7 Å². The van der Waals surface area contributed by atoms with E-state index in [2.05, 4.69) is 64.1 Å². The quantitative estimate of drug-likeness (QED) is 0.804. The van der Waals surface area contributed by atoms with Crippen LogP contribution < -0.4 is 5.73 Å². The predicted molar refractivity (Wildman–Crippen MR) is 89.4 cm³/mol. The first-order valence-electron chi connectivity index (χ1n) is 7.42. The molecule has 0 saturated heterocycles. The van der Waals surface area contributed by atoms with E-state index in [9.17, 15) is 0 Å². The van der Waals surface area contributed by atoms with Crippen LogP contribution in [0.3, 0.4) is 0 Å². The highest BCUT2D eigenvalue weighted by Crippen LogP contribution is 2.40. The molecule has 1 nitrogen and oxygen atoms in total. The van der Waals surface area contributed by atoms with Crippen LogP contribution in [0.25, 0.3) is 0 Å². The summed E-state index contributed by atoms with van der Waals surface area (Å²) in [7, 11) is 0. The molecule has 1 aromatic carbocycles. The van der Waals surface area contributed by atoms with Gasteiger partial charge in [-0.05, 0) is 37.0 Å². The number of benzene rings is 1. The Kier molecular flexibility index (Phi) is 5.00. The molecule has 3 atom stereocenters. The summed E-state index contributed by atoms with van der Waals surface area (Å²) < 4.78 is 0. The van der Waals surface area contributed by atoms with E-state index in [0.717, 1.165) is 6.42 Å². The van der Waals surface area contributed by atoms with Crippen molar-refractivity contribution in [1.29, 1.82) is 0 Å². The summed E-state index contributed by atoms with van der Waals surface area (Å²) in [6, 6.07) is 13.1. The van der Waals surface area contributed by atoms with E-state index in [-0.39, 0.29) is 6.04 Å². The SMILES string of the molecule is CCC(C)C(c1ccccc1)C(N)c1sc(C)cc1C. The molecule has 0 saturated carbocycles. The lowest BCUT2D eigenvalue weighted by Gasteiger charge is -2.29. The lowest BCUT2D eigenvalue weighted by Crippen LogP contribution is -2.24. The number of nitrogens with two attached hydrogens (primary N) is 1. The monoisotopic (exact) mass is 287 g/mol. The molecule has 0 fully saturated rings. The molecule has 2 N–H and O–H groups in total. The Hall–Kier alpha value is -1.12. The third kappa shape index (κ3) is 3.13. The maximum absolute atomic E-state index is 6.67. The van der Waals surface area contributed by atoms with Gasteiger partial charge in [0.15, 0.2) is 0 Å². The van der Waals surface area contributed by atoms with Gasteiger partial charge in [-0.25, -0.2) is 0 Å². The molecule has 0 amide bonds. The zero-order valence-corrected chi connectivity index (χ0v) is 13.7. The van der Waals surface area contributed by atoms with Gasteiger partial charge in [-0.15, -0.1) is 11.3 Å². The smallest absolute Gasteiger partial charge is 0.0464 e. The largest absolute Gasteiger partial charge is 0.323 e. The fourth-order valence-electron chi connectivity index (χ4n) is 2.97. The summed E-state index contributed by atoms with van der Waals surface area (Å²) in [4.78, 5) is 2.69. The summed E-state index contributed by atoms with van der Waals surface area (Å²) in [5.74, 6) is 0.965. The summed E-state index contributed by atoms with van der Waals surface area (Å²) in [6.07, 6.45) is 1.15. The van der Waals surface area contributed by atoms with Crippen LogP contribution in [0.4, 0.5) is 0 Å². The van der Waals surface area contributed by atoms with Crippen molar-refractivity contribution in [2.75, 3.05) is 0 Å². The summed E-state index contributed by atoms with van der Waals surface area (Å²) in [6.45, 7) is 8.90. The molecule has 2 heteroatoms. The van der Waals surface area contributed by atoms with E-state index in [1.54, 1.807) is 0 Å². The van der Waals surface area contributed by atoms with Crippen LogP contribution >= 0.6 is 11.3 Å². The first-order chi connectivity index (χ1) is 9.54. The standard InChI is InChI=1S/C18H25NS/c1-5-12(2)16(15-9-7-6-8-10-15)17(19)18-13(3)11-14(4)20-18/h6-12,16-17H,5,19H2,1-4H3. The highest BCUT2D eigenvalue weighted by atomic mass is 32.1. The number of hydrogen-bond acceptors (Lipinski definition) is 2. The van der Waals surface area contributed by atoms with Crippen molar-refractivity contribution in [3.63, 3.8) is 0 Å². The molecule has 0 spiro atoms. The molecule has 108 valence electrons. The second kappa shape index (κ2) is 6.55. The van der Waals surface area contributed by atoms with Gasteiger partial charge in [0.1, 0.15) is 0 Å². The minimum atomic E-state index is 0.0889. The minimum Gasteiger partial charge on any atom is -0.323 e. The highest BCUT2D eigenvalue weighted by molar-refractivity contribution is 7.12. The topological polar surface area (TPSA) is 26.0 Å². The van der Waals surface area contributed by atoms with E-state index in [0.29, 0.717) is 11.8 Å². The molecule has 0 radical (unpaired) electrons. The summed E-state index contributed by atoms with van der Waals surface area (Å²) >= 11 is 1.85. The Labute approximate surface area is 126 Å². The second-order valence-electron chi connectivity index (χ2n) is 5.75. The van der Waals surface area contributed by atoms with Crippen molar-refractivity contribution < 1.29 is 0 Å². The zero-order chi connectivity index (χ0) is 14.7. The second-order valence-corrected chi connectivity index (χ2v) is 7.04. The molecular formula is C18H25NS. The third-order valence-electron chi connectivity index (χ3n) is 4.21. The number of hydrogen-bond donors (Lipinski definition) is 1. The average molecular weight is 287 g/mol. The van der Waals surface area contributed by atoms with Crippen LogP contribution in [0.1, 0.15) is 53.1 Å². The predicted octanol–water partition coefficient (Wildman–Crippen LogP) is 5.19. The number of thiophene rings is 1. The Morgan fingerprint density at radius 2 is 1.80 bits per heavy atom. The molecule has 1 heterocycles. The fraction of sp³-hybridized carbons (Fsp3) is 0.444. The molecule has 3 unspecified atom stereocenters. The Bertz CT molecular complexity index is 544. The first-order valence-corrected chi connectivity index (χ1v) is 8.23. The van der Waals surface area contributed by atoms with Gasteiger partial charge in [0.05, 0.1) is 0 Å². The minimum absolute atomic E-state index is 0.0889. The molecule has 20 heavy (non-hydrogen) atoms. The molecule has 0 aliphatic heterocycles. The average Bonchev–Trinajstić information content (AvgIpc) is 2.79. The molecule has 2 aromatic rings. The van der Waals surface area contributed by atoms with Gasteiger partial charge in [-0.1, -0.05) is 50.6 Å². The van der Waals surface area contributed by atoms with E-state index >= 15 is 0 Å².